The van der Waals surface area contributed by atoms with E-state index in [2.05, 4.69) is 26.8 Å². The van der Waals surface area contributed by atoms with Crippen LogP contribution in [0, 0.1) is 16.7 Å². The predicted molar refractivity (Wildman–Crippen MR) is 56.7 cm³/mol. The van der Waals surface area contributed by atoms with Crippen molar-refractivity contribution >= 4 is 0 Å². The highest BCUT2D eigenvalue weighted by Gasteiger charge is 2.25. The molecule has 0 bridgehead atoms. The summed E-state index contributed by atoms with van der Waals surface area (Å²) in [5, 5.41) is 8.91. The minimum atomic E-state index is 0.0688. The average molecular weight is 191 g/mol. The summed E-state index contributed by atoms with van der Waals surface area (Å²) in [6.07, 6.45) is 1.92. The zero-order valence-electron chi connectivity index (χ0n) is 8.99. The van der Waals surface area contributed by atoms with Gasteiger partial charge in [0, 0.05) is 12.7 Å². The summed E-state index contributed by atoms with van der Waals surface area (Å²) < 4.78 is 1.96. The summed E-state index contributed by atoms with van der Waals surface area (Å²) in [4.78, 5) is 0. The maximum absolute atomic E-state index is 8.91. The third-order valence-electron chi connectivity index (χ3n) is 2.45. The molecule has 0 amide bonds. The zero-order valence-corrected chi connectivity index (χ0v) is 8.99. The predicted octanol–water partition coefficient (Wildman–Crippen LogP) is 1.91. The summed E-state index contributed by atoms with van der Waals surface area (Å²) in [5.74, 6) is 0. The lowest BCUT2D eigenvalue weighted by Gasteiger charge is -2.31. The lowest BCUT2D eigenvalue weighted by molar-refractivity contribution is 0.248. The van der Waals surface area contributed by atoms with Crippen molar-refractivity contribution in [3.8, 4) is 6.07 Å². The molecule has 1 aromatic heterocycles. The molecule has 0 aliphatic rings. The van der Waals surface area contributed by atoms with Crippen LogP contribution in [0.1, 0.15) is 32.5 Å². The Morgan fingerprint density at radius 1 is 1.57 bits per heavy atom. The van der Waals surface area contributed by atoms with E-state index in [4.69, 9.17) is 11.0 Å². The van der Waals surface area contributed by atoms with Crippen molar-refractivity contribution < 1.29 is 0 Å². The minimum Gasteiger partial charge on any atom is -0.335 e. The number of nitriles is 1. The molecule has 1 unspecified atom stereocenters. The van der Waals surface area contributed by atoms with Gasteiger partial charge in [-0.2, -0.15) is 5.26 Å². The summed E-state index contributed by atoms with van der Waals surface area (Å²) in [6.45, 7) is 6.94. The average Bonchev–Trinajstić information content (AvgIpc) is 2.51. The van der Waals surface area contributed by atoms with Gasteiger partial charge in [-0.15, -0.1) is 0 Å². The van der Waals surface area contributed by atoms with Crippen LogP contribution in [0.3, 0.4) is 0 Å². The van der Waals surface area contributed by atoms with Gasteiger partial charge in [-0.1, -0.05) is 20.8 Å². The summed E-state index contributed by atoms with van der Waals surface area (Å²) in [6, 6.07) is 6.04. The Morgan fingerprint density at radius 3 is 2.64 bits per heavy atom. The summed E-state index contributed by atoms with van der Waals surface area (Å²) in [5.41, 5.74) is 6.49. The van der Waals surface area contributed by atoms with Crippen LogP contribution >= 0.6 is 0 Å². The van der Waals surface area contributed by atoms with Gasteiger partial charge >= 0.3 is 0 Å². The van der Waals surface area contributed by atoms with Crippen LogP contribution in [0.5, 0.6) is 0 Å². The maximum Gasteiger partial charge on any atom is 0.120 e. The second kappa shape index (κ2) is 3.85. The molecule has 14 heavy (non-hydrogen) atoms. The molecule has 1 atom stereocenters. The number of rotatable bonds is 2. The van der Waals surface area contributed by atoms with E-state index < -0.39 is 0 Å². The Kier molecular flexibility index (Phi) is 2.97. The Labute approximate surface area is 85.1 Å². The topological polar surface area (TPSA) is 54.7 Å². The van der Waals surface area contributed by atoms with E-state index in [1.807, 2.05) is 22.9 Å². The Bertz CT molecular complexity index is 338. The third kappa shape index (κ3) is 1.97. The molecule has 0 saturated carbocycles. The molecule has 0 aromatic carbocycles. The fourth-order valence-corrected chi connectivity index (χ4v) is 1.64. The Morgan fingerprint density at radius 2 is 2.21 bits per heavy atom. The van der Waals surface area contributed by atoms with Crippen LogP contribution in [-0.2, 0) is 0 Å². The van der Waals surface area contributed by atoms with Crippen LogP contribution in [0.4, 0.5) is 0 Å². The van der Waals surface area contributed by atoms with Gasteiger partial charge in [-0.3, -0.25) is 0 Å². The highest BCUT2D eigenvalue weighted by atomic mass is 15.0. The van der Waals surface area contributed by atoms with E-state index in [0.29, 0.717) is 12.2 Å². The Hall–Kier alpha value is -1.27. The second-order valence-corrected chi connectivity index (χ2v) is 4.53. The summed E-state index contributed by atoms with van der Waals surface area (Å²) in [7, 11) is 0. The number of aromatic nitrogens is 1. The molecule has 0 saturated heterocycles. The van der Waals surface area contributed by atoms with Crippen molar-refractivity contribution in [2.75, 3.05) is 6.54 Å². The van der Waals surface area contributed by atoms with E-state index >= 15 is 0 Å². The first-order chi connectivity index (χ1) is 6.50. The highest BCUT2D eigenvalue weighted by Crippen LogP contribution is 2.30. The molecule has 1 aromatic rings. The second-order valence-electron chi connectivity index (χ2n) is 4.53. The molecule has 2 N–H and O–H groups in total. The summed E-state index contributed by atoms with van der Waals surface area (Å²) >= 11 is 0. The van der Waals surface area contributed by atoms with Crippen LogP contribution in [0.25, 0.3) is 0 Å². The van der Waals surface area contributed by atoms with Crippen molar-refractivity contribution in [2.24, 2.45) is 11.1 Å². The SMILES string of the molecule is CC(C)(C)C(CN)n1cccc1C#N. The molecule has 0 aliphatic heterocycles. The molecule has 0 spiro atoms. The Balaban J connectivity index is 3.08. The number of nitrogens with zero attached hydrogens (tertiary/aromatic N) is 2. The standard InChI is InChI=1S/C11H17N3/c1-11(2,3)10(8-13)14-6-4-5-9(14)7-12/h4-6,10H,8,13H2,1-3H3. The molecule has 1 rings (SSSR count). The van der Waals surface area contributed by atoms with Crippen LogP contribution in [0.15, 0.2) is 18.3 Å². The largest absolute Gasteiger partial charge is 0.335 e. The van der Waals surface area contributed by atoms with Gasteiger partial charge < -0.3 is 10.3 Å². The molecule has 3 nitrogen and oxygen atoms in total. The van der Waals surface area contributed by atoms with E-state index in [-0.39, 0.29) is 11.5 Å². The molecule has 3 heteroatoms. The van der Waals surface area contributed by atoms with Gasteiger partial charge in [-0.25, -0.2) is 0 Å². The van der Waals surface area contributed by atoms with Gasteiger partial charge in [0.15, 0.2) is 0 Å². The quantitative estimate of drug-likeness (QED) is 0.776. The molecule has 1 heterocycles. The molecule has 76 valence electrons. The van der Waals surface area contributed by atoms with Crippen LogP contribution in [0.2, 0.25) is 0 Å². The third-order valence-corrected chi connectivity index (χ3v) is 2.45. The fourth-order valence-electron chi connectivity index (χ4n) is 1.64. The highest BCUT2D eigenvalue weighted by molar-refractivity contribution is 5.23. The van der Waals surface area contributed by atoms with Gasteiger partial charge in [0.25, 0.3) is 0 Å². The molecular weight excluding hydrogens is 174 g/mol. The normalized spacial score (nSPS) is 13.6. The van der Waals surface area contributed by atoms with Gasteiger partial charge in [0.1, 0.15) is 11.8 Å². The van der Waals surface area contributed by atoms with E-state index in [1.165, 1.54) is 0 Å². The van der Waals surface area contributed by atoms with Crippen molar-refractivity contribution in [3.05, 3.63) is 24.0 Å². The van der Waals surface area contributed by atoms with E-state index in [0.717, 1.165) is 0 Å². The maximum atomic E-state index is 8.91. The molecule has 0 radical (unpaired) electrons. The lowest BCUT2D eigenvalue weighted by atomic mass is 9.86. The number of hydrogen-bond acceptors (Lipinski definition) is 2. The fraction of sp³-hybridized carbons (Fsp3) is 0.545. The lowest BCUT2D eigenvalue weighted by Crippen LogP contribution is -2.31. The minimum absolute atomic E-state index is 0.0688. The van der Waals surface area contributed by atoms with Gasteiger partial charge in [0.2, 0.25) is 0 Å². The van der Waals surface area contributed by atoms with Crippen LogP contribution in [-0.4, -0.2) is 11.1 Å². The van der Waals surface area contributed by atoms with Crippen LogP contribution < -0.4 is 5.73 Å². The number of hydrogen-bond donors (Lipinski definition) is 1. The van der Waals surface area contributed by atoms with E-state index in [9.17, 15) is 0 Å². The first-order valence-corrected chi connectivity index (χ1v) is 4.77. The monoisotopic (exact) mass is 191 g/mol. The van der Waals surface area contributed by atoms with Gasteiger partial charge in [0.05, 0.1) is 6.04 Å². The van der Waals surface area contributed by atoms with Gasteiger partial charge in [-0.05, 0) is 17.5 Å². The molecule has 0 aliphatic carbocycles. The first kappa shape index (κ1) is 10.8. The molecular formula is C11H17N3. The molecule has 0 fully saturated rings. The van der Waals surface area contributed by atoms with Crippen molar-refractivity contribution in [3.63, 3.8) is 0 Å². The van der Waals surface area contributed by atoms with Crippen molar-refractivity contribution in [1.82, 2.24) is 4.57 Å². The smallest absolute Gasteiger partial charge is 0.120 e. The van der Waals surface area contributed by atoms with Crippen molar-refractivity contribution in [1.29, 1.82) is 5.26 Å². The zero-order chi connectivity index (χ0) is 10.8. The first-order valence-electron chi connectivity index (χ1n) is 4.77. The van der Waals surface area contributed by atoms with Crippen molar-refractivity contribution in [2.45, 2.75) is 26.8 Å². The number of nitrogens with two attached hydrogens (primary N) is 1. The van der Waals surface area contributed by atoms with E-state index in [1.54, 1.807) is 0 Å².